The molecule has 1 aliphatic heterocycles. The number of hydrogen-bond donors (Lipinski definition) is 1. The second-order valence-electron chi connectivity index (χ2n) is 5.11. The molecule has 0 saturated carbocycles. The van der Waals surface area contributed by atoms with Crippen LogP contribution >= 0.6 is 11.6 Å². The van der Waals surface area contributed by atoms with E-state index in [-0.39, 0.29) is 5.69 Å². The summed E-state index contributed by atoms with van der Waals surface area (Å²) in [4.78, 5) is 10.8. The molecule has 3 rings (SSSR count). The Balaban J connectivity index is 1.67. The van der Waals surface area contributed by atoms with E-state index in [2.05, 4.69) is 26.3 Å². The predicted molar refractivity (Wildman–Crippen MR) is 88.6 cm³/mol. The van der Waals surface area contributed by atoms with Crippen LogP contribution in [0.2, 0.25) is 5.02 Å². The number of ether oxygens (including phenoxy) is 1. The van der Waals surface area contributed by atoms with E-state index in [1.807, 2.05) is 12.1 Å². The Morgan fingerprint density at radius 3 is 2.91 bits per heavy atom. The SMILES string of the molecule is N#Cc1nc(NCc2ccnc(N3CCOCC3)c2)ccc1Cl. The van der Waals surface area contributed by atoms with E-state index in [4.69, 9.17) is 21.6 Å². The number of halogens is 1. The lowest BCUT2D eigenvalue weighted by molar-refractivity contribution is 0.122. The summed E-state index contributed by atoms with van der Waals surface area (Å²) >= 11 is 5.88. The summed E-state index contributed by atoms with van der Waals surface area (Å²) in [6.45, 7) is 3.77. The van der Waals surface area contributed by atoms with Gasteiger partial charge in [-0.15, -0.1) is 0 Å². The first kappa shape index (κ1) is 15.5. The molecule has 2 aromatic heterocycles. The van der Waals surface area contributed by atoms with Crippen molar-refractivity contribution in [2.24, 2.45) is 0 Å². The van der Waals surface area contributed by atoms with Crippen LogP contribution in [-0.2, 0) is 11.3 Å². The summed E-state index contributed by atoms with van der Waals surface area (Å²) in [5.74, 6) is 1.57. The largest absolute Gasteiger partial charge is 0.378 e. The summed E-state index contributed by atoms with van der Waals surface area (Å²) in [6.07, 6.45) is 1.80. The summed E-state index contributed by atoms with van der Waals surface area (Å²) in [6, 6.07) is 9.41. The van der Waals surface area contributed by atoms with Crippen LogP contribution in [0, 0.1) is 11.3 Å². The van der Waals surface area contributed by atoms with E-state index in [0.717, 1.165) is 37.7 Å². The molecule has 1 fully saturated rings. The Morgan fingerprint density at radius 1 is 1.30 bits per heavy atom. The molecule has 1 aliphatic rings. The van der Waals surface area contributed by atoms with Crippen molar-refractivity contribution >= 4 is 23.2 Å². The summed E-state index contributed by atoms with van der Waals surface area (Å²) in [5, 5.41) is 12.5. The Morgan fingerprint density at radius 2 is 2.13 bits per heavy atom. The fraction of sp³-hybridized carbons (Fsp3) is 0.312. The molecule has 0 radical (unpaired) electrons. The highest BCUT2D eigenvalue weighted by molar-refractivity contribution is 6.31. The van der Waals surface area contributed by atoms with Gasteiger partial charge in [-0.3, -0.25) is 0 Å². The Hall–Kier alpha value is -2.36. The molecule has 0 bridgehead atoms. The van der Waals surface area contributed by atoms with Gasteiger partial charge in [0.15, 0.2) is 5.69 Å². The number of nitrogens with zero attached hydrogens (tertiary/aromatic N) is 4. The monoisotopic (exact) mass is 329 g/mol. The summed E-state index contributed by atoms with van der Waals surface area (Å²) < 4.78 is 5.36. The maximum atomic E-state index is 8.96. The van der Waals surface area contributed by atoms with Crippen LogP contribution in [0.4, 0.5) is 11.6 Å². The van der Waals surface area contributed by atoms with Gasteiger partial charge in [0.25, 0.3) is 0 Å². The van der Waals surface area contributed by atoms with Gasteiger partial charge >= 0.3 is 0 Å². The molecule has 0 aliphatic carbocycles. The van der Waals surface area contributed by atoms with Gasteiger partial charge in [0, 0.05) is 25.8 Å². The molecule has 7 heteroatoms. The van der Waals surface area contributed by atoms with Crippen LogP contribution in [0.1, 0.15) is 11.3 Å². The molecule has 23 heavy (non-hydrogen) atoms. The van der Waals surface area contributed by atoms with Crippen molar-refractivity contribution < 1.29 is 4.74 Å². The molecule has 0 atom stereocenters. The van der Waals surface area contributed by atoms with E-state index >= 15 is 0 Å². The molecular weight excluding hydrogens is 314 g/mol. The van der Waals surface area contributed by atoms with Gasteiger partial charge in [-0.05, 0) is 29.8 Å². The first-order chi connectivity index (χ1) is 11.3. The highest BCUT2D eigenvalue weighted by atomic mass is 35.5. The summed E-state index contributed by atoms with van der Waals surface area (Å²) in [5.41, 5.74) is 1.32. The van der Waals surface area contributed by atoms with E-state index in [1.165, 1.54) is 0 Å². The van der Waals surface area contributed by atoms with Crippen molar-refractivity contribution in [2.75, 3.05) is 36.5 Å². The topological polar surface area (TPSA) is 74.1 Å². The Bertz CT molecular complexity index is 725. The van der Waals surface area contributed by atoms with E-state index in [0.29, 0.717) is 17.4 Å². The van der Waals surface area contributed by atoms with Gasteiger partial charge in [0.2, 0.25) is 0 Å². The lowest BCUT2D eigenvalue weighted by atomic mass is 10.2. The average molecular weight is 330 g/mol. The van der Waals surface area contributed by atoms with Crippen molar-refractivity contribution in [3.63, 3.8) is 0 Å². The molecule has 6 nitrogen and oxygen atoms in total. The molecule has 0 unspecified atom stereocenters. The second kappa shape index (κ2) is 7.27. The maximum Gasteiger partial charge on any atom is 0.161 e. The fourth-order valence-electron chi connectivity index (χ4n) is 2.35. The van der Waals surface area contributed by atoms with Gasteiger partial charge in [-0.25, -0.2) is 9.97 Å². The van der Waals surface area contributed by atoms with E-state index < -0.39 is 0 Å². The van der Waals surface area contributed by atoms with Gasteiger partial charge in [-0.2, -0.15) is 5.26 Å². The fourth-order valence-corrected chi connectivity index (χ4v) is 2.50. The molecular formula is C16H16ClN5O. The Labute approximate surface area is 139 Å². The smallest absolute Gasteiger partial charge is 0.161 e. The van der Waals surface area contributed by atoms with Crippen molar-refractivity contribution in [2.45, 2.75) is 6.54 Å². The molecule has 0 amide bonds. The van der Waals surface area contributed by atoms with Crippen LogP contribution in [0.5, 0.6) is 0 Å². The molecule has 1 N–H and O–H groups in total. The summed E-state index contributed by atoms with van der Waals surface area (Å²) in [7, 11) is 0. The van der Waals surface area contributed by atoms with Crippen molar-refractivity contribution in [1.82, 2.24) is 9.97 Å². The zero-order chi connectivity index (χ0) is 16.1. The highest BCUT2D eigenvalue weighted by Crippen LogP contribution is 2.18. The van der Waals surface area contributed by atoms with Crippen molar-refractivity contribution in [3.8, 4) is 6.07 Å². The van der Waals surface area contributed by atoms with Crippen LogP contribution in [0.15, 0.2) is 30.5 Å². The number of anilines is 2. The Kier molecular flexibility index (Phi) is 4.91. The minimum Gasteiger partial charge on any atom is -0.378 e. The zero-order valence-corrected chi connectivity index (χ0v) is 13.3. The van der Waals surface area contributed by atoms with Crippen LogP contribution < -0.4 is 10.2 Å². The van der Waals surface area contributed by atoms with E-state index in [1.54, 1.807) is 18.3 Å². The molecule has 0 spiro atoms. The number of rotatable bonds is 4. The minimum absolute atomic E-state index is 0.223. The number of aromatic nitrogens is 2. The minimum atomic E-state index is 0.223. The second-order valence-corrected chi connectivity index (χ2v) is 5.52. The normalized spacial score (nSPS) is 14.3. The predicted octanol–water partition coefficient (Wildman–Crippen LogP) is 2.45. The number of morpholine rings is 1. The first-order valence-corrected chi connectivity index (χ1v) is 7.72. The molecule has 3 heterocycles. The lowest BCUT2D eigenvalue weighted by Crippen LogP contribution is -2.36. The van der Waals surface area contributed by atoms with Crippen LogP contribution in [-0.4, -0.2) is 36.3 Å². The van der Waals surface area contributed by atoms with Crippen LogP contribution in [0.3, 0.4) is 0 Å². The maximum absolute atomic E-state index is 8.96. The lowest BCUT2D eigenvalue weighted by Gasteiger charge is -2.28. The molecule has 1 saturated heterocycles. The molecule has 2 aromatic rings. The number of hydrogen-bond acceptors (Lipinski definition) is 6. The molecule has 118 valence electrons. The van der Waals surface area contributed by atoms with Gasteiger partial charge in [-0.1, -0.05) is 11.6 Å². The standard InChI is InChI=1S/C16H16ClN5O/c17-13-1-2-15(21-14(13)10-18)20-11-12-3-4-19-16(9-12)22-5-7-23-8-6-22/h1-4,9H,5-8,11H2,(H,20,21). The number of nitriles is 1. The van der Waals surface area contributed by atoms with Crippen LogP contribution in [0.25, 0.3) is 0 Å². The first-order valence-electron chi connectivity index (χ1n) is 7.34. The van der Waals surface area contributed by atoms with Gasteiger partial charge < -0.3 is 15.0 Å². The quantitative estimate of drug-likeness (QED) is 0.928. The van der Waals surface area contributed by atoms with Gasteiger partial charge in [0.05, 0.1) is 18.2 Å². The highest BCUT2D eigenvalue weighted by Gasteiger charge is 2.12. The third kappa shape index (κ3) is 3.89. The molecule has 0 aromatic carbocycles. The van der Waals surface area contributed by atoms with Gasteiger partial charge in [0.1, 0.15) is 17.7 Å². The average Bonchev–Trinajstić information content (AvgIpc) is 2.62. The number of pyridine rings is 2. The van der Waals surface area contributed by atoms with Crippen molar-refractivity contribution in [3.05, 3.63) is 46.7 Å². The third-order valence-corrected chi connectivity index (χ3v) is 3.88. The zero-order valence-electron chi connectivity index (χ0n) is 12.5. The van der Waals surface area contributed by atoms with E-state index in [9.17, 15) is 0 Å². The third-order valence-electron chi connectivity index (χ3n) is 3.57. The number of nitrogens with one attached hydrogen (secondary N) is 1. The van der Waals surface area contributed by atoms with Crippen molar-refractivity contribution in [1.29, 1.82) is 5.26 Å².